The first-order chi connectivity index (χ1) is 8.36. The van der Waals surface area contributed by atoms with E-state index < -0.39 is 0 Å². The molecule has 0 aromatic rings. The third kappa shape index (κ3) is 2.85. The number of rotatable bonds is 3. The fraction of sp³-hybridized carbons (Fsp3) is 1.00. The van der Waals surface area contributed by atoms with Crippen LogP contribution in [0.1, 0.15) is 51.4 Å². The summed E-state index contributed by atoms with van der Waals surface area (Å²) in [6.45, 7) is 6.75. The lowest BCUT2D eigenvalue weighted by Gasteiger charge is -2.53. The second kappa shape index (κ2) is 5.27. The summed E-state index contributed by atoms with van der Waals surface area (Å²) >= 11 is 0. The predicted octanol–water partition coefficient (Wildman–Crippen LogP) is 2.64. The average Bonchev–Trinajstić information content (AvgIpc) is 2.36. The zero-order valence-electron chi connectivity index (χ0n) is 11.2. The van der Waals surface area contributed by atoms with Crippen molar-refractivity contribution in [1.82, 2.24) is 10.2 Å². The maximum absolute atomic E-state index is 3.53. The minimum atomic E-state index is 0.781. The Morgan fingerprint density at radius 2 is 1.88 bits per heavy atom. The highest BCUT2D eigenvalue weighted by molar-refractivity contribution is 4.96. The molecule has 0 aromatic carbocycles. The molecule has 3 rings (SSSR count). The fourth-order valence-corrected chi connectivity index (χ4v) is 4.21. The Balaban J connectivity index is 1.35. The lowest BCUT2D eigenvalue weighted by molar-refractivity contribution is -0.0307. The highest BCUT2D eigenvalue weighted by Crippen LogP contribution is 2.43. The molecular formula is C15H28N2. The van der Waals surface area contributed by atoms with Crippen LogP contribution in [0.4, 0.5) is 0 Å². The van der Waals surface area contributed by atoms with Crippen LogP contribution in [0.5, 0.6) is 0 Å². The molecule has 2 aliphatic heterocycles. The molecule has 0 amide bonds. The van der Waals surface area contributed by atoms with Gasteiger partial charge in [0.05, 0.1) is 0 Å². The molecule has 0 aromatic heterocycles. The normalized spacial score (nSPS) is 33.5. The molecule has 3 fully saturated rings. The summed E-state index contributed by atoms with van der Waals surface area (Å²) in [6.07, 6.45) is 11.8. The van der Waals surface area contributed by atoms with Crippen molar-refractivity contribution in [2.75, 3.05) is 32.7 Å². The molecule has 1 aliphatic carbocycles. The van der Waals surface area contributed by atoms with Gasteiger partial charge in [-0.15, -0.1) is 0 Å². The van der Waals surface area contributed by atoms with Gasteiger partial charge in [-0.25, -0.2) is 0 Å². The molecule has 0 bridgehead atoms. The monoisotopic (exact) mass is 236 g/mol. The second-order valence-electron chi connectivity index (χ2n) is 6.77. The summed E-state index contributed by atoms with van der Waals surface area (Å²) in [7, 11) is 0. The SMILES string of the molecule is C1CCC2(CC1)CN(CCC1CCCNC1)C2. The molecule has 1 unspecified atom stereocenters. The zero-order valence-corrected chi connectivity index (χ0v) is 11.2. The first-order valence-corrected chi connectivity index (χ1v) is 7.79. The lowest BCUT2D eigenvalue weighted by Crippen LogP contribution is -2.57. The van der Waals surface area contributed by atoms with Crippen molar-refractivity contribution in [3.05, 3.63) is 0 Å². The smallest absolute Gasteiger partial charge is 0.00505 e. The van der Waals surface area contributed by atoms with Crippen LogP contribution in [-0.4, -0.2) is 37.6 Å². The van der Waals surface area contributed by atoms with Crippen LogP contribution in [0.2, 0.25) is 0 Å². The second-order valence-corrected chi connectivity index (χ2v) is 6.77. The minimum Gasteiger partial charge on any atom is -0.316 e. The number of hydrogen-bond donors (Lipinski definition) is 1. The van der Waals surface area contributed by atoms with Gasteiger partial charge in [0, 0.05) is 13.1 Å². The van der Waals surface area contributed by atoms with E-state index in [1.54, 1.807) is 0 Å². The van der Waals surface area contributed by atoms with Crippen molar-refractivity contribution in [3.8, 4) is 0 Å². The van der Waals surface area contributed by atoms with Crippen LogP contribution in [-0.2, 0) is 0 Å². The highest BCUT2D eigenvalue weighted by atomic mass is 15.2. The van der Waals surface area contributed by atoms with Crippen LogP contribution < -0.4 is 5.32 Å². The van der Waals surface area contributed by atoms with E-state index >= 15 is 0 Å². The zero-order chi connectivity index (χ0) is 11.6. The van der Waals surface area contributed by atoms with E-state index in [1.807, 2.05) is 0 Å². The summed E-state index contributed by atoms with van der Waals surface area (Å²) in [5.41, 5.74) is 0.781. The molecule has 1 N–H and O–H groups in total. The third-order valence-electron chi connectivity index (χ3n) is 5.28. The van der Waals surface area contributed by atoms with Crippen molar-refractivity contribution in [3.63, 3.8) is 0 Å². The summed E-state index contributed by atoms with van der Waals surface area (Å²) in [6, 6.07) is 0. The van der Waals surface area contributed by atoms with Gasteiger partial charge >= 0.3 is 0 Å². The third-order valence-corrected chi connectivity index (χ3v) is 5.28. The summed E-state index contributed by atoms with van der Waals surface area (Å²) in [4.78, 5) is 2.72. The maximum Gasteiger partial charge on any atom is 0.00505 e. The van der Waals surface area contributed by atoms with Crippen LogP contribution in [0.25, 0.3) is 0 Å². The molecule has 98 valence electrons. The molecule has 2 nitrogen and oxygen atoms in total. The van der Waals surface area contributed by atoms with Crippen molar-refractivity contribution >= 4 is 0 Å². The molecule has 1 atom stereocenters. The van der Waals surface area contributed by atoms with E-state index in [2.05, 4.69) is 10.2 Å². The Labute approximate surface area is 106 Å². The number of nitrogens with zero attached hydrogens (tertiary/aromatic N) is 1. The molecule has 2 heteroatoms. The van der Waals surface area contributed by atoms with E-state index in [4.69, 9.17) is 0 Å². The molecule has 2 saturated heterocycles. The van der Waals surface area contributed by atoms with Crippen LogP contribution in [0, 0.1) is 11.3 Å². The molecule has 1 spiro atoms. The van der Waals surface area contributed by atoms with E-state index in [0.29, 0.717) is 0 Å². The summed E-state index contributed by atoms with van der Waals surface area (Å²) < 4.78 is 0. The van der Waals surface area contributed by atoms with Crippen LogP contribution >= 0.6 is 0 Å². The van der Waals surface area contributed by atoms with Gasteiger partial charge in [0.25, 0.3) is 0 Å². The lowest BCUT2D eigenvalue weighted by atomic mass is 9.68. The van der Waals surface area contributed by atoms with Crippen LogP contribution in [0.15, 0.2) is 0 Å². The average molecular weight is 236 g/mol. The number of hydrogen-bond acceptors (Lipinski definition) is 2. The Kier molecular flexibility index (Phi) is 3.72. The molecule has 1 saturated carbocycles. The number of piperidine rings is 1. The molecule has 0 radical (unpaired) electrons. The largest absolute Gasteiger partial charge is 0.316 e. The van der Waals surface area contributed by atoms with Gasteiger partial charge in [-0.1, -0.05) is 19.3 Å². The van der Waals surface area contributed by atoms with Gasteiger partial charge in [0.2, 0.25) is 0 Å². The van der Waals surface area contributed by atoms with Gasteiger partial charge in [0.15, 0.2) is 0 Å². The summed E-state index contributed by atoms with van der Waals surface area (Å²) in [5.74, 6) is 0.964. The Bertz CT molecular complexity index is 231. The Hall–Kier alpha value is -0.0800. The molecule has 2 heterocycles. The molecular weight excluding hydrogens is 208 g/mol. The quantitative estimate of drug-likeness (QED) is 0.810. The van der Waals surface area contributed by atoms with E-state index in [1.165, 1.54) is 84.1 Å². The van der Waals surface area contributed by atoms with E-state index in [9.17, 15) is 0 Å². The van der Waals surface area contributed by atoms with Gasteiger partial charge in [-0.05, 0) is 63.1 Å². The van der Waals surface area contributed by atoms with Crippen LogP contribution in [0.3, 0.4) is 0 Å². The van der Waals surface area contributed by atoms with Gasteiger partial charge in [0.1, 0.15) is 0 Å². The summed E-state index contributed by atoms with van der Waals surface area (Å²) in [5, 5.41) is 3.53. The molecule has 17 heavy (non-hydrogen) atoms. The van der Waals surface area contributed by atoms with Gasteiger partial charge in [-0.3, -0.25) is 0 Å². The molecule has 3 aliphatic rings. The van der Waals surface area contributed by atoms with Gasteiger partial charge in [-0.2, -0.15) is 0 Å². The number of likely N-dealkylation sites (tertiary alicyclic amines) is 1. The number of nitrogens with one attached hydrogen (secondary N) is 1. The Morgan fingerprint density at radius 3 is 2.59 bits per heavy atom. The standard InChI is InChI=1S/C15H28N2/c1-2-7-15(8-3-1)12-17(13-15)10-6-14-5-4-9-16-11-14/h14,16H,1-13H2. The first kappa shape index (κ1) is 12.0. The van der Waals surface area contributed by atoms with E-state index in [0.717, 1.165) is 11.3 Å². The van der Waals surface area contributed by atoms with Crippen molar-refractivity contribution in [2.45, 2.75) is 51.4 Å². The topological polar surface area (TPSA) is 15.3 Å². The predicted molar refractivity (Wildman–Crippen MR) is 72.2 cm³/mol. The van der Waals surface area contributed by atoms with E-state index in [-0.39, 0.29) is 0 Å². The van der Waals surface area contributed by atoms with Crippen molar-refractivity contribution in [1.29, 1.82) is 0 Å². The van der Waals surface area contributed by atoms with Crippen molar-refractivity contribution in [2.24, 2.45) is 11.3 Å². The highest BCUT2D eigenvalue weighted by Gasteiger charge is 2.42. The fourth-order valence-electron chi connectivity index (χ4n) is 4.21. The maximum atomic E-state index is 3.53. The Morgan fingerprint density at radius 1 is 1.06 bits per heavy atom. The first-order valence-electron chi connectivity index (χ1n) is 7.79. The van der Waals surface area contributed by atoms with Gasteiger partial charge < -0.3 is 10.2 Å². The van der Waals surface area contributed by atoms with Crippen molar-refractivity contribution < 1.29 is 0 Å². The minimum absolute atomic E-state index is 0.781.